The molecule has 0 aliphatic rings. The van der Waals surface area contributed by atoms with E-state index in [-0.39, 0.29) is 11.6 Å². The molecule has 3 N–H and O–H groups in total. The molecule has 0 saturated carbocycles. The Balaban J connectivity index is 2.69. The molecule has 0 aliphatic carbocycles. The number of hydrogen-bond donors (Lipinski definition) is 2. The Morgan fingerprint density at radius 1 is 1.64 bits per heavy atom. The quantitative estimate of drug-likeness (QED) is 0.754. The van der Waals surface area contributed by atoms with Crippen LogP contribution in [0.2, 0.25) is 0 Å². The van der Waals surface area contributed by atoms with Crippen molar-refractivity contribution in [1.29, 1.82) is 0 Å². The Morgan fingerprint density at radius 3 is 2.93 bits per heavy atom. The third-order valence-corrected chi connectivity index (χ3v) is 1.59. The van der Waals surface area contributed by atoms with E-state index >= 15 is 0 Å². The lowest BCUT2D eigenvalue weighted by atomic mass is 10.2. The molecule has 0 aliphatic heterocycles. The Kier molecular flexibility index (Phi) is 3.48. The van der Waals surface area contributed by atoms with E-state index in [4.69, 9.17) is 15.6 Å². The zero-order valence-electron chi connectivity index (χ0n) is 7.93. The lowest BCUT2D eigenvalue weighted by molar-refractivity contribution is 0.0696. The summed E-state index contributed by atoms with van der Waals surface area (Å²) >= 11 is 0. The van der Waals surface area contributed by atoms with Crippen molar-refractivity contribution in [3.63, 3.8) is 0 Å². The van der Waals surface area contributed by atoms with Gasteiger partial charge in [0.15, 0.2) is 0 Å². The van der Waals surface area contributed by atoms with Gasteiger partial charge in [0.2, 0.25) is 0 Å². The molecule has 1 aromatic carbocycles. The molecule has 1 unspecified atom stereocenters. The van der Waals surface area contributed by atoms with Crippen LogP contribution < -0.4 is 10.5 Å². The van der Waals surface area contributed by atoms with Crippen LogP contribution >= 0.6 is 0 Å². The molecule has 4 heteroatoms. The van der Waals surface area contributed by atoms with Crippen LogP contribution in [0.1, 0.15) is 17.3 Å². The molecule has 14 heavy (non-hydrogen) atoms. The van der Waals surface area contributed by atoms with Crippen molar-refractivity contribution in [2.75, 3.05) is 6.61 Å². The fourth-order valence-electron chi connectivity index (χ4n) is 0.947. The van der Waals surface area contributed by atoms with E-state index < -0.39 is 5.97 Å². The van der Waals surface area contributed by atoms with Crippen LogP contribution in [0.25, 0.3) is 0 Å². The molecule has 0 saturated heterocycles. The van der Waals surface area contributed by atoms with Gasteiger partial charge >= 0.3 is 5.97 Å². The Labute approximate surface area is 82.3 Å². The van der Waals surface area contributed by atoms with Crippen molar-refractivity contribution in [3.8, 4) is 5.75 Å². The average molecular weight is 195 g/mol. The van der Waals surface area contributed by atoms with Gasteiger partial charge in [0, 0.05) is 6.04 Å². The number of rotatable bonds is 4. The van der Waals surface area contributed by atoms with Crippen LogP contribution in [-0.4, -0.2) is 23.7 Å². The topological polar surface area (TPSA) is 72.5 Å². The maximum absolute atomic E-state index is 10.6. The Hall–Kier alpha value is -1.55. The van der Waals surface area contributed by atoms with Crippen LogP contribution in [0.15, 0.2) is 24.3 Å². The zero-order chi connectivity index (χ0) is 10.6. The fraction of sp³-hybridized carbons (Fsp3) is 0.300. The molecule has 0 amide bonds. The summed E-state index contributed by atoms with van der Waals surface area (Å²) in [6.07, 6.45) is 0. The molecule has 0 spiro atoms. The zero-order valence-corrected chi connectivity index (χ0v) is 7.93. The SMILES string of the molecule is CC(N)COc1cccc(C(=O)O)c1. The minimum absolute atomic E-state index is 0.0662. The predicted molar refractivity (Wildman–Crippen MR) is 52.5 cm³/mol. The first-order valence-corrected chi connectivity index (χ1v) is 4.31. The fourth-order valence-corrected chi connectivity index (χ4v) is 0.947. The second-order valence-corrected chi connectivity index (χ2v) is 3.12. The van der Waals surface area contributed by atoms with E-state index in [9.17, 15) is 4.79 Å². The molecule has 0 radical (unpaired) electrons. The number of carbonyl (C=O) groups is 1. The predicted octanol–water partition coefficient (Wildman–Crippen LogP) is 1.11. The smallest absolute Gasteiger partial charge is 0.335 e. The van der Waals surface area contributed by atoms with Gasteiger partial charge < -0.3 is 15.6 Å². The summed E-state index contributed by atoms with van der Waals surface area (Å²) in [5, 5.41) is 8.71. The van der Waals surface area contributed by atoms with Crippen molar-refractivity contribution in [1.82, 2.24) is 0 Å². The number of ether oxygens (including phenoxy) is 1. The molecule has 76 valence electrons. The van der Waals surface area contributed by atoms with E-state index in [0.29, 0.717) is 12.4 Å². The van der Waals surface area contributed by atoms with Crippen molar-refractivity contribution < 1.29 is 14.6 Å². The molecule has 0 heterocycles. The number of carboxylic acid groups (broad SMARTS) is 1. The Bertz CT molecular complexity index is 323. The van der Waals surface area contributed by atoms with Gasteiger partial charge in [0.25, 0.3) is 0 Å². The average Bonchev–Trinajstić information content (AvgIpc) is 2.15. The van der Waals surface area contributed by atoms with Crippen molar-refractivity contribution >= 4 is 5.97 Å². The third kappa shape index (κ3) is 3.06. The lowest BCUT2D eigenvalue weighted by Gasteiger charge is -2.08. The summed E-state index contributed by atoms with van der Waals surface area (Å²) in [5.41, 5.74) is 5.71. The van der Waals surface area contributed by atoms with Crippen LogP contribution in [-0.2, 0) is 0 Å². The minimum atomic E-state index is -0.962. The van der Waals surface area contributed by atoms with Gasteiger partial charge in [-0.3, -0.25) is 0 Å². The van der Waals surface area contributed by atoms with Crippen LogP contribution in [0.4, 0.5) is 0 Å². The summed E-state index contributed by atoms with van der Waals surface area (Å²) in [5.74, 6) is -0.432. The van der Waals surface area contributed by atoms with Gasteiger partial charge in [-0.15, -0.1) is 0 Å². The second kappa shape index (κ2) is 4.62. The van der Waals surface area contributed by atoms with Crippen LogP contribution in [0, 0.1) is 0 Å². The van der Waals surface area contributed by atoms with E-state index in [2.05, 4.69) is 0 Å². The summed E-state index contributed by atoms with van der Waals surface area (Å²) in [7, 11) is 0. The summed E-state index contributed by atoms with van der Waals surface area (Å²) in [4.78, 5) is 10.6. The summed E-state index contributed by atoms with van der Waals surface area (Å²) in [6.45, 7) is 2.20. The molecule has 1 atom stereocenters. The minimum Gasteiger partial charge on any atom is -0.492 e. The lowest BCUT2D eigenvalue weighted by Crippen LogP contribution is -2.23. The highest BCUT2D eigenvalue weighted by atomic mass is 16.5. The van der Waals surface area contributed by atoms with Crippen molar-refractivity contribution in [2.45, 2.75) is 13.0 Å². The third-order valence-electron chi connectivity index (χ3n) is 1.59. The molecule has 0 bridgehead atoms. The Morgan fingerprint density at radius 2 is 2.36 bits per heavy atom. The van der Waals surface area contributed by atoms with E-state index in [1.807, 2.05) is 6.92 Å². The van der Waals surface area contributed by atoms with E-state index in [1.165, 1.54) is 12.1 Å². The van der Waals surface area contributed by atoms with Crippen molar-refractivity contribution in [2.24, 2.45) is 5.73 Å². The number of hydrogen-bond acceptors (Lipinski definition) is 3. The van der Waals surface area contributed by atoms with Gasteiger partial charge in [-0.2, -0.15) is 0 Å². The monoisotopic (exact) mass is 195 g/mol. The standard InChI is InChI=1S/C10H13NO3/c1-7(11)6-14-9-4-2-3-8(5-9)10(12)13/h2-5,7H,6,11H2,1H3,(H,12,13). The maximum atomic E-state index is 10.6. The van der Waals surface area contributed by atoms with Gasteiger partial charge in [0.1, 0.15) is 12.4 Å². The highest BCUT2D eigenvalue weighted by Gasteiger charge is 2.03. The largest absolute Gasteiger partial charge is 0.492 e. The highest BCUT2D eigenvalue weighted by Crippen LogP contribution is 2.13. The summed E-state index contributed by atoms with van der Waals surface area (Å²) in [6, 6.07) is 6.27. The second-order valence-electron chi connectivity index (χ2n) is 3.12. The van der Waals surface area contributed by atoms with Gasteiger partial charge in [-0.1, -0.05) is 6.07 Å². The number of benzene rings is 1. The molecular weight excluding hydrogens is 182 g/mol. The van der Waals surface area contributed by atoms with E-state index in [1.54, 1.807) is 12.1 Å². The van der Waals surface area contributed by atoms with Crippen LogP contribution in [0.5, 0.6) is 5.75 Å². The number of nitrogens with two attached hydrogens (primary N) is 1. The number of aromatic carboxylic acids is 1. The van der Waals surface area contributed by atoms with Gasteiger partial charge in [-0.25, -0.2) is 4.79 Å². The molecule has 0 fully saturated rings. The normalized spacial score (nSPS) is 12.1. The first-order valence-electron chi connectivity index (χ1n) is 4.31. The molecule has 1 rings (SSSR count). The van der Waals surface area contributed by atoms with Gasteiger partial charge in [-0.05, 0) is 25.1 Å². The molecule has 0 aromatic heterocycles. The summed E-state index contributed by atoms with van der Waals surface area (Å²) < 4.78 is 5.27. The highest BCUT2D eigenvalue weighted by molar-refractivity contribution is 5.87. The van der Waals surface area contributed by atoms with Crippen LogP contribution in [0.3, 0.4) is 0 Å². The van der Waals surface area contributed by atoms with Crippen molar-refractivity contribution in [3.05, 3.63) is 29.8 Å². The van der Waals surface area contributed by atoms with E-state index in [0.717, 1.165) is 0 Å². The first kappa shape index (κ1) is 10.5. The maximum Gasteiger partial charge on any atom is 0.335 e. The molecule has 1 aromatic rings. The molecular formula is C10H13NO3. The first-order chi connectivity index (χ1) is 6.59. The number of carboxylic acids is 1. The molecule has 4 nitrogen and oxygen atoms in total. The van der Waals surface area contributed by atoms with Gasteiger partial charge in [0.05, 0.1) is 5.56 Å².